The summed E-state index contributed by atoms with van der Waals surface area (Å²) in [6, 6.07) is 4.03. The average molecular weight is 368 g/mol. The maximum Gasteiger partial charge on any atom is 0.391 e. The molecule has 1 heterocycles. The van der Waals surface area contributed by atoms with E-state index in [0.717, 1.165) is 0 Å². The number of carbonyl (C=O) groups is 1. The van der Waals surface area contributed by atoms with Crippen molar-refractivity contribution in [1.82, 2.24) is 4.90 Å². The number of hydrogen-bond acceptors (Lipinski definition) is 1. The Morgan fingerprint density at radius 2 is 1.90 bits per heavy atom. The first-order chi connectivity index (χ1) is 9.77. The predicted molar refractivity (Wildman–Crippen MR) is 73.2 cm³/mol. The van der Waals surface area contributed by atoms with Crippen LogP contribution in [0.15, 0.2) is 22.7 Å². The predicted octanol–water partition coefficient (Wildman–Crippen LogP) is 3.93. The molecule has 0 spiro atoms. The quantitative estimate of drug-likeness (QED) is 0.725. The van der Waals surface area contributed by atoms with Crippen LogP contribution in [0.1, 0.15) is 18.4 Å². The fraction of sp³-hybridized carbons (Fsp3) is 0.500. The van der Waals surface area contributed by atoms with Crippen LogP contribution in [0.25, 0.3) is 0 Å². The number of benzene rings is 1. The number of carbonyl (C=O) groups excluding carboxylic acids is 1. The van der Waals surface area contributed by atoms with Crippen LogP contribution < -0.4 is 0 Å². The zero-order valence-electron chi connectivity index (χ0n) is 11.1. The number of rotatable bonds is 2. The normalized spacial score (nSPS) is 17.1. The Morgan fingerprint density at radius 1 is 1.29 bits per heavy atom. The van der Waals surface area contributed by atoms with E-state index < -0.39 is 17.9 Å². The fourth-order valence-electron chi connectivity index (χ4n) is 2.41. The van der Waals surface area contributed by atoms with Crippen LogP contribution in [-0.4, -0.2) is 30.1 Å². The van der Waals surface area contributed by atoms with Gasteiger partial charge in [0, 0.05) is 17.6 Å². The van der Waals surface area contributed by atoms with E-state index >= 15 is 0 Å². The van der Waals surface area contributed by atoms with E-state index in [1.54, 1.807) is 0 Å². The summed E-state index contributed by atoms with van der Waals surface area (Å²) in [4.78, 5) is 13.5. The zero-order valence-corrected chi connectivity index (χ0v) is 12.7. The molecule has 1 fully saturated rings. The van der Waals surface area contributed by atoms with Crippen LogP contribution in [0.4, 0.5) is 17.6 Å². The van der Waals surface area contributed by atoms with Gasteiger partial charge in [0.25, 0.3) is 0 Å². The number of halogens is 5. The van der Waals surface area contributed by atoms with Crippen molar-refractivity contribution >= 4 is 21.8 Å². The lowest BCUT2D eigenvalue weighted by Crippen LogP contribution is -2.42. The molecule has 2 nitrogen and oxygen atoms in total. The Balaban J connectivity index is 1.95. The third-order valence-electron chi connectivity index (χ3n) is 3.66. The Hall–Kier alpha value is -1.11. The lowest BCUT2D eigenvalue weighted by molar-refractivity contribution is -0.186. The number of likely N-dealkylation sites (tertiary alicyclic amines) is 1. The molecule has 2 rings (SSSR count). The molecule has 0 N–H and O–H groups in total. The van der Waals surface area contributed by atoms with Gasteiger partial charge in [0.2, 0.25) is 5.91 Å². The Labute approximate surface area is 128 Å². The molecule has 1 aliphatic rings. The van der Waals surface area contributed by atoms with Crippen LogP contribution >= 0.6 is 15.9 Å². The van der Waals surface area contributed by atoms with E-state index in [0.29, 0.717) is 10.0 Å². The molecule has 1 aromatic carbocycles. The topological polar surface area (TPSA) is 20.3 Å². The Bertz CT molecular complexity index is 524. The van der Waals surface area contributed by atoms with E-state index in [1.807, 2.05) is 0 Å². The van der Waals surface area contributed by atoms with Crippen molar-refractivity contribution in [2.24, 2.45) is 5.92 Å². The van der Waals surface area contributed by atoms with Gasteiger partial charge in [-0.05, 0) is 36.6 Å². The van der Waals surface area contributed by atoms with E-state index in [4.69, 9.17) is 0 Å². The third-order valence-corrected chi connectivity index (χ3v) is 4.43. The molecule has 1 saturated heterocycles. The van der Waals surface area contributed by atoms with E-state index in [-0.39, 0.29) is 38.3 Å². The summed E-state index contributed by atoms with van der Waals surface area (Å²) in [6.45, 7) is 0.186. The minimum atomic E-state index is -4.19. The van der Waals surface area contributed by atoms with Crippen molar-refractivity contribution in [2.45, 2.75) is 25.4 Å². The molecule has 0 aromatic heterocycles. The SMILES string of the molecule is O=C(Cc1cc(F)ccc1Br)N1CCC(C(F)(F)F)CC1. The number of piperidine rings is 1. The van der Waals surface area contributed by atoms with Gasteiger partial charge in [-0.25, -0.2) is 4.39 Å². The summed E-state index contributed by atoms with van der Waals surface area (Å²) < 4.78 is 51.5. The molecule has 0 saturated carbocycles. The molecule has 0 radical (unpaired) electrons. The van der Waals surface area contributed by atoms with Gasteiger partial charge in [-0.1, -0.05) is 15.9 Å². The molecule has 0 aliphatic carbocycles. The molecule has 0 atom stereocenters. The number of amides is 1. The molecule has 1 aliphatic heterocycles. The maximum atomic E-state index is 13.2. The summed E-state index contributed by atoms with van der Waals surface area (Å²) in [7, 11) is 0. The Kier molecular flexibility index (Phi) is 4.91. The van der Waals surface area contributed by atoms with Gasteiger partial charge in [0.05, 0.1) is 12.3 Å². The van der Waals surface area contributed by atoms with Crippen LogP contribution in [0.5, 0.6) is 0 Å². The number of alkyl halides is 3. The zero-order chi connectivity index (χ0) is 15.6. The van der Waals surface area contributed by atoms with Crippen LogP contribution in [0.3, 0.4) is 0 Å². The molecule has 0 bridgehead atoms. The first kappa shape index (κ1) is 16.3. The lowest BCUT2D eigenvalue weighted by atomic mass is 9.96. The number of hydrogen-bond donors (Lipinski definition) is 0. The van der Waals surface area contributed by atoms with Crippen LogP contribution in [0.2, 0.25) is 0 Å². The molecule has 21 heavy (non-hydrogen) atoms. The summed E-state index contributed by atoms with van der Waals surface area (Å²) in [5, 5.41) is 0. The van der Waals surface area contributed by atoms with Crippen molar-refractivity contribution in [3.8, 4) is 0 Å². The molecule has 1 aromatic rings. The minimum absolute atomic E-state index is 0.0188. The second-order valence-corrected chi connectivity index (χ2v) is 5.96. The second-order valence-electron chi connectivity index (χ2n) is 5.11. The van der Waals surface area contributed by atoms with E-state index in [2.05, 4.69) is 15.9 Å². The highest BCUT2D eigenvalue weighted by Crippen LogP contribution is 2.34. The third kappa shape index (κ3) is 4.18. The maximum absolute atomic E-state index is 13.2. The molecular formula is C14H14BrF4NO. The van der Waals surface area contributed by atoms with Gasteiger partial charge in [0.15, 0.2) is 0 Å². The second kappa shape index (κ2) is 6.34. The first-order valence-electron chi connectivity index (χ1n) is 6.56. The average Bonchev–Trinajstić information content (AvgIpc) is 2.42. The van der Waals surface area contributed by atoms with Gasteiger partial charge in [-0.3, -0.25) is 4.79 Å². The highest BCUT2D eigenvalue weighted by molar-refractivity contribution is 9.10. The Morgan fingerprint density at radius 3 is 2.48 bits per heavy atom. The smallest absolute Gasteiger partial charge is 0.342 e. The van der Waals surface area contributed by atoms with E-state index in [9.17, 15) is 22.4 Å². The largest absolute Gasteiger partial charge is 0.391 e. The van der Waals surface area contributed by atoms with Gasteiger partial charge in [0.1, 0.15) is 5.82 Å². The summed E-state index contributed by atoms with van der Waals surface area (Å²) in [5.74, 6) is -2.05. The van der Waals surface area contributed by atoms with Crippen molar-refractivity contribution < 1.29 is 22.4 Å². The molecule has 0 unspecified atom stereocenters. The standard InChI is InChI=1S/C14H14BrF4NO/c15-12-2-1-11(16)7-9(12)8-13(21)20-5-3-10(4-6-20)14(17,18)19/h1-2,7,10H,3-6,8H2. The first-order valence-corrected chi connectivity index (χ1v) is 7.35. The molecule has 1 amide bonds. The summed E-state index contributed by atoms with van der Waals surface area (Å²) in [5.41, 5.74) is 0.498. The van der Waals surface area contributed by atoms with Crippen molar-refractivity contribution in [2.75, 3.05) is 13.1 Å². The summed E-state index contributed by atoms with van der Waals surface area (Å²) in [6.07, 6.45) is -4.35. The van der Waals surface area contributed by atoms with Crippen molar-refractivity contribution in [3.63, 3.8) is 0 Å². The highest BCUT2D eigenvalue weighted by Gasteiger charge is 2.41. The van der Waals surface area contributed by atoms with E-state index in [1.165, 1.54) is 23.1 Å². The van der Waals surface area contributed by atoms with Gasteiger partial charge >= 0.3 is 6.18 Å². The summed E-state index contributed by atoms with van der Waals surface area (Å²) >= 11 is 3.23. The van der Waals surface area contributed by atoms with Crippen LogP contribution in [-0.2, 0) is 11.2 Å². The number of nitrogens with zero attached hydrogens (tertiary/aromatic N) is 1. The van der Waals surface area contributed by atoms with Gasteiger partial charge in [-0.2, -0.15) is 13.2 Å². The molecule has 7 heteroatoms. The van der Waals surface area contributed by atoms with Crippen LogP contribution in [0, 0.1) is 11.7 Å². The monoisotopic (exact) mass is 367 g/mol. The minimum Gasteiger partial charge on any atom is -0.342 e. The lowest BCUT2D eigenvalue weighted by Gasteiger charge is -2.33. The van der Waals surface area contributed by atoms with Gasteiger partial charge in [-0.15, -0.1) is 0 Å². The highest BCUT2D eigenvalue weighted by atomic mass is 79.9. The van der Waals surface area contributed by atoms with Crippen molar-refractivity contribution in [3.05, 3.63) is 34.1 Å². The van der Waals surface area contributed by atoms with Gasteiger partial charge < -0.3 is 4.90 Å². The van der Waals surface area contributed by atoms with Crippen molar-refractivity contribution in [1.29, 1.82) is 0 Å². The fourth-order valence-corrected chi connectivity index (χ4v) is 2.80. The molecular weight excluding hydrogens is 354 g/mol. The molecule has 116 valence electrons.